The fourth-order valence-electron chi connectivity index (χ4n) is 2.56. The first kappa shape index (κ1) is 16.3. The van der Waals surface area contributed by atoms with Crippen LogP contribution in [0.15, 0.2) is 18.2 Å². The van der Waals surface area contributed by atoms with Gasteiger partial charge in [-0.15, -0.1) is 0 Å². The topological polar surface area (TPSA) is 61.4 Å². The predicted octanol–water partition coefficient (Wildman–Crippen LogP) is 1.20. The zero-order chi connectivity index (χ0) is 15.3. The Morgan fingerprint density at radius 3 is 2.67 bits per heavy atom. The number of piperazine rings is 1. The molecule has 21 heavy (non-hydrogen) atoms. The van der Waals surface area contributed by atoms with Crippen molar-refractivity contribution >= 4 is 15.7 Å². The van der Waals surface area contributed by atoms with E-state index in [1.807, 2.05) is 32.0 Å². The van der Waals surface area contributed by atoms with Crippen LogP contribution in [-0.4, -0.2) is 51.8 Å². The van der Waals surface area contributed by atoms with Gasteiger partial charge >= 0.3 is 0 Å². The van der Waals surface area contributed by atoms with Crippen molar-refractivity contribution in [1.82, 2.24) is 10.2 Å². The molecule has 2 rings (SSSR count). The van der Waals surface area contributed by atoms with Crippen LogP contribution in [0, 0.1) is 6.92 Å². The molecule has 0 aromatic heterocycles. The van der Waals surface area contributed by atoms with Crippen LogP contribution in [0.4, 0.5) is 5.69 Å². The molecule has 118 valence electrons. The zero-order valence-electron chi connectivity index (χ0n) is 12.9. The molecular weight excluding hydrogens is 286 g/mol. The van der Waals surface area contributed by atoms with E-state index >= 15 is 0 Å². The lowest BCUT2D eigenvalue weighted by molar-refractivity contribution is 0.254. The number of hydrogen-bond donors (Lipinski definition) is 2. The predicted molar refractivity (Wildman–Crippen MR) is 87.3 cm³/mol. The normalized spacial score (nSPS) is 16.9. The Hall–Kier alpha value is -1.11. The first-order chi connectivity index (χ1) is 10.0. The largest absolute Gasteiger partial charge is 0.314 e. The standard InChI is InChI=1S/C15H25N3O2S/c1-3-14-6-4-5-13(2)15(14)17-21(19,20)12-11-18-9-7-16-8-10-18/h4-6,16-17H,3,7-12H2,1-2H3. The molecule has 0 amide bonds. The molecule has 2 N–H and O–H groups in total. The molecule has 1 heterocycles. The maximum atomic E-state index is 12.3. The van der Waals surface area contributed by atoms with Crippen molar-refractivity contribution < 1.29 is 8.42 Å². The van der Waals surface area contributed by atoms with Crippen LogP contribution in [-0.2, 0) is 16.4 Å². The third-order valence-electron chi connectivity index (χ3n) is 3.88. The Kier molecular flexibility index (Phi) is 5.61. The van der Waals surface area contributed by atoms with Crippen molar-refractivity contribution in [3.63, 3.8) is 0 Å². The van der Waals surface area contributed by atoms with E-state index in [4.69, 9.17) is 0 Å². The molecule has 1 saturated heterocycles. The smallest absolute Gasteiger partial charge is 0.234 e. The summed E-state index contributed by atoms with van der Waals surface area (Å²) in [7, 11) is -3.30. The molecular formula is C15H25N3O2S. The van der Waals surface area contributed by atoms with Crippen LogP contribution in [0.1, 0.15) is 18.1 Å². The van der Waals surface area contributed by atoms with Gasteiger partial charge in [0.05, 0.1) is 11.4 Å². The summed E-state index contributed by atoms with van der Waals surface area (Å²) in [5.74, 6) is 0.143. The highest BCUT2D eigenvalue weighted by atomic mass is 32.2. The van der Waals surface area contributed by atoms with Crippen LogP contribution >= 0.6 is 0 Å². The van der Waals surface area contributed by atoms with Gasteiger partial charge in [0.1, 0.15) is 0 Å². The summed E-state index contributed by atoms with van der Waals surface area (Å²) in [4.78, 5) is 2.19. The summed E-state index contributed by atoms with van der Waals surface area (Å²) in [6, 6.07) is 5.88. The van der Waals surface area contributed by atoms with Crippen LogP contribution in [0.5, 0.6) is 0 Å². The highest BCUT2D eigenvalue weighted by molar-refractivity contribution is 7.92. The van der Waals surface area contributed by atoms with E-state index in [2.05, 4.69) is 14.9 Å². The first-order valence-corrected chi connectivity index (χ1v) is 9.19. The van der Waals surface area contributed by atoms with E-state index in [1.165, 1.54) is 0 Å². The number of nitrogens with zero attached hydrogens (tertiary/aromatic N) is 1. The third kappa shape index (κ3) is 4.69. The number of aryl methyl sites for hydroxylation is 2. The Morgan fingerprint density at radius 2 is 2.00 bits per heavy atom. The van der Waals surface area contributed by atoms with Crippen molar-refractivity contribution in [2.75, 3.05) is 43.2 Å². The Bertz CT molecular complexity index is 566. The molecule has 0 atom stereocenters. The fraction of sp³-hybridized carbons (Fsp3) is 0.600. The van der Waals surface area contributed by atoms with E-state index in [-0.39, 0.29) is 5.75 Å². The lowest BCUT2D eigenvalue weighted by Crippen LogP contribution is -2.45. The van der Waals surface area contributed by atoms with E-state index in [1.54, 1.807) is 0 Å². The van der Waals surface area contributed by atoms with Gasteiger partial charge in [-0.1, -0.05) is 25.1 Å². The molecule has 6 heteroatoms. The van der Waals surface area contributed by atoms with Gasteiger partial charge < -0.3 is 5.32 Å². The maximum absolute atomic E-state index is 12.3. The number of anilines is 1. The molecule has 0 radical (unpaired) electrons. The van der Waals surface area contributed by atoms with Gasteiger partial charge in [0, 0.05) is 32.7 Å². The molecule has 0 saturated carbocycles. The fourth-order valence-corrected chi connectivity index (χ4v) is 3.76. The average molecular weight is 311 g/mol. The molecule has 0 bridgehead atoms. The van der Waals surface area contributed by atoms with Crippen molar-refractivity contribution in [3.05, 3.63) is 29.3 Å². The van der Waals surface area contributed by atoms with Gasteiger partial charge in [0.15, 0.2) is 0 Å². The van der Waals surface area contributed by atoms with Crippen LogP contribution in [0.3, 0.4) is 0 Å². The molecule has 1 aromatic rings. The van der Waals surface area contributed by atoms with Crippen molar-refractivity contribution in [3.8, 4) is 0 Å². The summed E-state index contributed by atoms with van der Waals surface area (Å²) in [5.41, 5.74) is 2.76. The SMILES string of the molecule is CCc1cccc(C)c1NS(=O)(=O)CCN1CCNCC1. The Balaban J connectivity index is 2.00. The summed E-state index contributed by atoms with van der Waals surface area (Å²) in [6.45, 7) is 8.27. The molecule has 5 nitrogen and oxygen atoms in total. The lowest BCUT2D eigenvalue weighted by atomic mass is 10.1. The summed E-state index contributed by atoms with van der Waals surface area (Å²) in [5, 5.41) is 3.27. The number of hydrogen-bond acceptors (Lipinski definition) is 4. The van der Waals surface area contributed by atoms with E-state index in [9.17, 15) is 8.42 Å². The molecule has 1 fully saturated rings. The molecule has 0 aliphatic carbocycles. The maximum Gasteiger partial charge on any atom is 0.234 e. The first-order valence-electron chi connectivity index (χ1n) is 7.54. The number of sulfonamides is 1. The zero-order valence-corrected chi connectivity index (χ0v) is 13.7. The minimum absolute atomic E-state index is 0.143. The molecule has 0 unspecified atom stereocenters. The van der Waals surface area contributed by atoms with E-state index in [0.29, 0.717) is 6.54 Å². The lowest BCUT2D eigenvalue weighted by Gasteiger charge is -2.27. The monoisotopic (exact) mass is 311 g/mol. The van der Waals surface area contributed by atoms with Gasteiger partial charge in [0.2, 0.25) is 10.0 Å². The van der Waals surface area contributed by atoms with Gasteiger partial charge in [-0.2, -0.15) is 0 Å². The second kappa shape index (κ2) is 7.24. The van der Waals surface area contributed by atoms with Crippen molar-refractivity contribution in [2.24, 2.45) is 0 Å². The van der Waals surface area contributed by atoms with Gasteiger partial charge in [0.25, 0.3) is 0 Å². The molecule has 0 spiro atoms. The van der Waals surface area contributed by atoms with E-state index < -0.39 is 10.0 Å². The number of rotatable bonds is 6. The minimum atomic E-state index is -3.30. The molecule has 1 aromatic carbocycles. The average Bonchev–Trinajstić information content (AvgIpc) is 2.48. The molecule has 1 aliphatic rings. The van der Waals surface area contributed by atoms with E-state index in [0.717, 1.165) is 49.4 Å². The number of benzene rings is 1. The summed E-state index contributed by atoms with van der Waals surface area (Å²) >= 11 is 0. The van der Waals surface area contributed by atoms with Gasteiger partial charge in [-0.25, -0.2) is 8.42 Å². The van der Waals surface area contributed by atoms with Gasteiger partial charge in [-0.3, -0.25) is 9.62 Å². The summed E-state index contributed by atoms with van der Waals surface area (Å²) < 4.78 is 27.4. The summed E-state index contributed by atoms with van der Waals surface area (Å²) in [6.07, 6.45) is 0.817. The van der Waals surface area contributed by atoms with Gasteiger partial charge in [-0.05, 0) is 24.5 Å². The quantitative estimate of drug-likeness (QED) is 0.829. The number of nitrogens with one attached hydrogen (secondary N) is 2. The molecule has 1 aliphatic heterocycles. The number of para-hydroxylation sites is 1. The Morgan fingerprint density at radius 1 is 1.29 bits per heavy atom. The van der Waals surface area contributed by atoms with Crippen LogP contribution in [0.25, 0.3) is 0 Å². The third-order valence-corrected chi connectivity index (χ3v) is 5.12. The van der Waals surface area contributed by atoms with Crippen LogP contribution < -0.4 is 10.0 Å². The second-order valence-corrected chi connectivity index (χ2v) is 7.32. The van der Waals surface area contributed by atoms with Crippen LogP contribution in [0.2, 0.25) is 0 Å². The highest BCUT2D eigenvalue weighted by Crippen LogP contribution is 2.22. The minimum Gasteiger partial charge on any atom is -0.314 e. The highest BCUT2D eigenvalue weighted by Gasteiger charge is 2.17. The Labute approximate surface area is 127 Å². The van der Waals surface area contributed by atoms with Crippen molar-refractivity contribution in [2.45, 2.75) is 20.3 Å². The van der Waals surface area contributed by atoms with Crippen molar-refractivity contribution in [1.29, 1.82) is 0 Å². The second-order valence-electron chi connectivity index (χ2n) is 5.48.